The van der Waals surface area contributed by atoms with Crippen molar-refractivity contribution in [3.8, 4) is 10.4 Å². The number of likely N-dealkylation sites (tertiary alicyclic amines) is 1. The van der Waals surface area contributed by atoms with E-state index in [0.29, 0.717) is 19.1 Å². The molecule has 0 radical (unpaired) electrons. The zero-order valence-corrected chi connectivity index (χ0v) is 27.1. The SMILES string of the molecule is Cc1ncsc1-c1ccc(CNC(=O)C2CC(O)CN2C(=O)C(NC(=O)COCCOCC2CCNCC2)C(C)(C)C)cc1. The van der Waals surface area contributed by atoms with Gasteiger partial charge in [0.2, 0.25) is 17.7 Å². The maximum absolute atomic E-state index is 13.8. The summed E-state index contributed by atoms with van der Waals surface area (Å²) in [5, 5.41) is 19.5. The highest BCUT2D eigenvalue weighted by Crippen LogP contribution is 2.28. The Labute approximate surface area is 264 Å². The molecule has 2 aliphatic heterocycles. The molecule has 2 fully saturated rings. The number of aliphatic hydroxyl groups is 1. The van der Waals surface area contributed by atoms with Crippen LogP contribution in [0.3, 0.4) is 0 Å². The Hall–Kier alpha value is -2.90. The number of amides is 3. The first-order valence-electron chi connectivity index (χ1n) is 15.4. The van der Waals surface area contributed by atoms with Crippen molar-refractivity contribution in [1.29, 1.82) is 0 Å². The smallest absolute Gasteiger partial charge is 0.246 e. The van der Waals surface area contributed by atoms with Crippen LogP contribution in [0.25, 0.3) is 10.4 Å². The Morgan fingerprint density at radius 2 is 1.84 bits per heavy atom. The second-order valence-electron chi connectivity index (χ2n) is 12.8. The highest BCUT2D eigenvalue weighted by molar-refractivity contribution is 7.13. The first-order valence-corrected chi connectivity index (χ1v) is 16.3. The van der Waals surface area contributed by atoms with E-state index in [1.54, 1.807) is 11.3 Å². The number of benzene rings is 1. The van der Waals surface area contributed by atoms with Crippen LogP contribution in [0.5, 0.6) is 0 Å². The number of aromatic nitrogens is 1. The number of ether oxygens (including phenoxy) is 2. The molecule has 2 saturated heterocycles. The van der Waals surface area contributed by atoms with Gasteiger partial charge in [-0.1, -0.05) is 45.0 Å². The maximum atomic E-state index is 13.8. The standard InChI is InChI=1S/C32H47N5O6S/c1-21-28(44-20-35-21)24-7-5-22(6-8-24)16-34-30(40)26-15-25(38)17-37(26)31(41)29(32(2,3)4)36-27(39)19-43-14-13-42-18-23-9-11-33-12-10-23/h5-8,20,23,25-26,29,33,38H,9-19H2,1-4H3,(H,34,40)(H,36,39). The number of aliphatic hydroxyl groups excluding tert-OH is 1. The van der Waals surface area contributed by atoms with Gasteiger partial charge in [0.1, 0.15) is 18.7 Å². The quantitative estimate of drug-likeness (QED) is 0.247. The molecular weight excluding hydrogens is 582 g/mol. The fourth-order valence-electron chi connectivity index (χ4n) is 5.56. The van der Waals surface area contributed by atoms with Crippen molar-refractivity contribution >= 4 is 29.1 Å². The number of hydrogen-bond acceptors (Lipinski definition) is 9. The zero-order chi connectivity index (χ0) is 31.7. The predicted molar refractivity (Wildman–Crippen MR) is 169 cm³/mol. The number of piperidine rings is 1. The van der Waals surface area contributed by atoms with Crippen LogP contribution < -0.4 is 16.0 Å². The van der Waals surface area contributed by atoms with Gasteiger partial charge < -0.3 is 35.4 Å². The molecule has 0 spiro atoms. The van der Waals surface area contributed by atoms with Gasteiger partial charge >= 0.3 is 0 Å². The van der Waals surface area contributed by atoms with Crippen LogP contribution in [0, 0.1) is 18.3 Å². The Kier molecular flexibility index (Phi) is 12.3. The van der Waals surface area contributed by atoms with Gasteiger partial charge in [-0.3, -0.25) is 14.4 Å². The number of aryl methyl sites for hydroxylation is 1. The summed E-state index contributed by atoms with van der Waals surface area (Å²) in [6.07, 6.45) is 1.50. The molecule has 0 aliphatic carbocycles. The molecule has 1 aromatic heterocycles. The second kappa shape index (κ2) is 15.9. The molecule has 12 heteroatoms. The molecule has 3 heterocycles. The molecule has 0 saturated carbocycles. The van der Waals surface area contributed by atoms with Crippen molar-refractivity contribution in [3.05, 3.63) is 41.0 Å². The number of β-amino-alcohol motifs (C(OH)–C–C–N with tert-alkyl or cyclic N) is 1. The summed E-state index contributed by atoms with van der Waals surface area (Å²) in [5.41, 5.74) is 4.14. The minimum Gasteiger partial charge on any atom is -0.391 e. The maximum Gasteiger partial charge on any atom is 0.246 e. The van der Waals surface area contributed by atoms with Gasteiger partial charge in [0.05, 0.1) is 35.4 Å². The highest BCUT2D eigenvalue weighted by atomic mass is 32.1. The van der Waals surface area contributed by atoms with Crippen molar-refractivity contribution in [2.45, 2.75) is 71.7 Å². The van der Waals surface area contributed by atoms with Crippen LogP contribution in [0.15, 0.2) is 29.8 Å². The van der Waals surface area contributed by atoms with Crippen LogP contribution in [0.2, 0.25) is 0 Å². The molecule has 3 unspecified atom stereocenters. The van der Waals surface area contributed by atoms with Gasteiger partial charge in [-0.2, -0.15) is 0 Å². The number of carbonyl (C=O) groups is 3. The first-order chi connectivity index (χ1) is 21.0. The fraction of sp³-hybridized carbons (Fsp3) is 0.625. The van der Waals surface area contributed by atoms with Crippen LogP contribution in [0.1, 0.15) is 51.3 Å². The van der Waals surface area contributed by atoms with Crippen molar-refractivity contribution in [2.75, 3.05) is 46.1 Å². The molecule has 242 valence electrons. The lowest BCUT2D eigenvalue weighted by atomic mass is 9.85. The summed E-state index contributed by atoms with van der Waals surface area (Å²) >= 11 is 1.58. The molecule has 2 aromatic rings. The summed E-state index contributed by atoms with van der Waals surface area (Å²) in [7, 11) is 0. The van der Waals surface area contributed by atoms with Crippen LogP contribution in [0.4, 0.5) is 0 Å². The Balaban J connectivity index is 1.27. The number of carbonyl (C=O) groups excluding carboxylic acids is 3. The lowest BCUT2D eigenvalue weighted by molar-refractivity contribution is -0.144. The normalized spacial score (nSPS) is 20.0. The van der Waals surface area contributed by atoms with Gasteiger partial charge in [-0.25, -0.2) is 4.98 Å². The molecule has 44 heavy (non-hydrogen) atoms. The molecule has 0 bridgehead atoms. The van der Waals surface area contributed by atoms with Crippen molar-refractivity contribution in [2.24, 2.45) is 11.3 Å². The minimum absolute atomic E-state index is 0.0210. The van der Waals surface area contributed by atoms with E-state index < -0.39 is 35.4 Å². The van der Waals surface area contributed by atoms with Crippen LogP contribution in [-0.2, 0) is 30.4 Å². The number of nitrogens with one attached hydrogen (secondary N) is 3. The van der Waals surface area contributed by atoms with E-state index in [0.717, 1.165) is 47.6 Å². The van der Waals surface area contributed by atoms with Gasteiger partial charge in [0.15, 0.2) is 0 Å². The molecule has 4 N–H and O–H groups in total. The van der Waals surface area contributed by atoms with Gasteiger partial charge in [0.25, 0.3) is 0 Å². The Bertz CT molecular complexity index is 1240. The predicted octanol–water partition coefficient (Wildman–Crippen LogP) is 2.26. The molecule has 2 aliphatic rings. The second-order valence-corrected chi connectivity index (χ2v) is 13.6. The van der Waals surface area contributed by atoms with E-state index in [9.17, 15) is 19.5 Å². The van der Waals surface area contributed by atoms with E-state index in [1.165, 1.54) is 4.90 Å². The topological polar surface area (TPSA) is 142 Å². The van der Waals surface area contributed by atoms with Gasteiger partial charge in [-0.05, 0) is 55.3 Å². The lowest BCUT2D eigenvalue weighted by Gasteiger charge is -2.35. The van der Waals surface area contributed by atoms with E-state index in [1.807, 2.05) is 57.5 Å². The largest absolute Gasteiger partial charge is 0.391 e. The van der Waals surface area contributed by atoms with Crippen molar-refractivity contribution in [3.63, 3.8) is 0 Å². The summed E-state index contributed by atoms with van der Waals surface area (Å²) < 4.78 is 11.2. The number of rotatable bonds is 13. The lowest BCUT2D eigenvalue weighted by Crippen LogP contribution is -2.58. The molecule has 3 amide bonds. The summed E-state index contributed by atoms with van der Waals surface area (Å²) in [4.78, 5) is 46.6. The average Bonchev–Trinajstić information content (AvgIpc) is 3.61. The number of nitrogens with zero attached hydrogens (tertiary/aromatic N) is 2. The number of thiazole rings is 1. The third-order valence-electron chi connectivity index (χ3n) is 8.13. The van der Waals surface area contributed by atoms with E-state index >= 15 is 0 Å². The third-order valence-corrected chi connectivity index (χ3v) is 9.11. The van der Waals surface area contributed by atoms with Crippen molar-refractivity contribution < 1.29 is 29.0 Å². The van der Waals surface area contributed by atoms with E-state index in [2.05, 4.69) is 20.9 Å². The number of hydrogen-bond donors (Lipinski definition) is 4. The zero-order valence-electron chi connectivity index (χ0n) is 26.3. The van der Waals surface area contributed by atoms with E-state index in [4.69, 9.17) is 9.47 Å². The summed E-state index contributed by atoms with van der Waals surface area (Å²) in [6, 6.07) is 6.16. The minimum atomic E-state index is -0.905. The third kappa shape index (κ3) is 9.55. The monoisotopic (exact) mass is 629 g/mol. The summed E-state index contributed by atoms with van der Waals surface area (Å²) in [5.74, 6) is -0.617. The average molecular weight is 630 g/mol. The Morgan fingerprint density at radius 1 is 1.14 bits per heavy atom. The Morgan fingerprint density at radius 3 is 2.50 bits per heavy atom. The van der Waals surface area contributed by atoms with Gasteiger partial charge in [0, 0.05) is 26.1 Å². The van der Waals surface area contributed by atoms with Crippen molar-refractivity contribution in [1.82, 2.24) is 25.8 Å². The molecule has 3 atom stereocenters. The molecule has 1 aromatic carbocycles. The van der Waals surface area contributed by atoms with Crippen LogP contribution in [-0.4, -0.2) is 97.0 Å². The van der Waals surface area contributed by atoms with Gasteiger partial charge in [-0.15, -0.1) is 11.3 Å². The van der Waals surface area contributed by atoms with E-state index in [-0.39, 0.29) is 38.6 Å². The molecule has 4 rings (SSSR count). The van der Waals surface area contributed by atoms with Crippen LogP contribution >= 0.6 is 11.3 Å². The summed E-state index contributed by atoms with van der Waals surface area (Å²) in [6.45, 7) is 11.0. The molecular formula is C32H47N5O6S. The first kappa shape index (κ1) is 34.0. The molecule has 11 nitrogen and oxygen atoms in total. The fourth-order valence-corrected chi connectivity index (χ4v) is 6.38. The highest BCUT2D eigenvalue weighted by Gasteiger charge is 2.44.